The molecule has 2 amide bonds. The van der Waals surface area contributed by atoms with Gasteiger partial charge in [-0.2, -0.15) is 11.8 Å². The number of hydrogen-bond donors (Lipinski definition) is 1. The van der Waals surface area contributed by atoms with Crippen molar-refractivity contribution >= 4 is 23.8 Å². The van der Waals surface area contributed by atoms with E-state index in [0.29, 0.717) is 12.3 Å². The van der Waals surface area contributed by atoms with Gasteiger partial charge < -0.3 is 14.9 Å². The lowest BCUT2D eigenvalue weighted by Gasteiger charge is -2.36. The van der Waals surface area contributed by atoms with Crippen molar-refractivity contribution in [2.24, 2.45) is 0 Å². The van der Waals surface area contributed by atoms with Gasteiger partial charge in [0.2, 0.25) is 0 Å². The molecule has 1 aliphatic heterocycles. The van der Waals surface area contributed by atoms with Gasteiger partial charge in [-0.25, -0.2) is 9.59 Å². The van der Waals surface area contributed by atoms with Gasteiger partial charge in [0.25, 0.3) is 0 Å². The van der Waals surface area contributed by atoms with Crippen LogP contribution < -0.4 is 0 Å². The van der Waals surface area contributed by atoms with Gasteiger partial charge in [0.05, 0.1) is 0 Å². The Labute approximate surface area is 99.8 Å². The van der Waals surface area contributed by atoms with Gasteiger partial charge in [-0.3, -0.25) is 0 Å². The molecule has 0 bridgehead atoms. The van der Waals surface area contributed by atoms with Crippen molar-refractivity contribution in [3.05, 3.63) is 0 Å². The van der Waals surface area contributed by atoms with Crippen LogP contribution in [-0.2, 0) is 4.79 Å². The zero-order chi connectivity index (χ0) is 12.3. The molecule has 1 N–H and O–H groups in total. The summed E-state index contributed by atoms with van der Waals surface area (Å²) in [5.41, 5.74) is 0. The van der Waals surface area contributed by atoms with Crippen LogP contribution in [0.3, 0.4) is 0 Å². The molecule has 0 aromatic rings. The summed E-state index contributed by atoms with van der Waals surface area (Å²) >= 11 is 1.58. The Hall–Kier alpha value is -0.910. The standard InChI is InChI=1S/C10H18N2O3S/c1-7(2)11(3)10(15)12-4-5-16-6-8(12)9(13)14/h7-8H,4-6H2,1-3H3,(H,13,14). The van der Waals surface area contributed by atoms with Crippen LogP contribution in [0, 0.1) is 0 Å². The van der Waals surface area contributed by atoms with Crippen LogP contribution in [0.5, 0.6) is 0 Å². The first-order valence-electron chi connectivity index (χ1n) is 5.29. The molecule has 1 saturated heterocycles. The number of nitrogens with zero attached hydrogens (tertiary/aromatic N) is 2. The number of carboxylic acid groups (broad SMARTS) is 1. The van der Waals surface area contributed by atoms with E-state index in [0.717, 1.165) is 5.75 Å². The summed E-state index contributed by atoms with van der Waals surface area (Å²) in [5.74, 6) is 0.367. The van der Waals surface area contributed by atoms with Gasteiger partial charge in [0, 0.05) is 31.1 Å². The Balaban J connectivity index is 2.75. The molecule has 1 aliphatic rings. The largest absolute Gasteiger partial charge is 0.480 e. The van der Waals surface area contributed by atoms with Crippen LogP contribution in [0.15, 0.2) is 0 Å². The number of thioether (sulfide) groups is 1. The summed E-state index contributed by atoms with van der Waals surface area (Å²) in [4.78, 5) is 26.1. The monoisotopic (exact) mass is 246 g/mol. The van der Waals surface area contributed by atoms with Gasteiger partial charge in [0.1, 0.15) is 6.04 Å². The van der Waals surface area contributed by atoms with E-state index in [-0.39, 0.29) is 12.1 Å². The molecule has 1 heterocycles. The number of carbonyl (C=O) groups is 2. The summed E-state index contributed by atoms with van der Waals surface area (Å²) in [7, 11) is 1.70. The molecule has 0 aromatic heterocycles. The van der Waals surface area contributed by atoms with Crippen molar-refractivity contribution < 1.29 is 14.7 Å². The van der Waals surface area contributed by atoms with E-state index in [2.05, 4.69) is 0 Å². The molecule has 0 aromatic carbocycles. The lowest BCUT2D eigenvalue weighted by Crippen LogP contribution is -2.55. The maximum absolute atomic E-state index is 12.0. The van der Waals surface area contributed by atoms with E-state index < -0.39 is 12.0 Å². The Bertz CT molecular complexity index is 283. The second-order valence-electron chi connectivity index (χ2n) is 4.11. The highest BCUT2D eigenvalue weighted by Crippen LogP contribution is 2.18. The summed E-state index contributed by atoms with van der Waals surface area (Å²) in [6.07, 6.45) is 0. The molecule has 0 saturated carbocycles. The first kappa shape index (κ1) is 13.2. The third-order valence-corrected chi connectivity index (χ3v) is 3.76. The molecule has 0 aliphatic carbocycles. The highest BCUT2D eigenvalue weighted by molar-refractivity contribution is 7.99. The summed E-state index contributed by atoms with van der Waals surface area (Å²) in [6, 6.07) is -0.799. The van der Waals surface area contributed by atoms with Crippen LogP contribution in [0.25, 0.3) is 0 Å². The number of urea groups is 1. The highest BCUT2D eigenvalue weighted by atomic mass is 32.2. The first-order chi connectivity index (χ1) is 7.45. The summed E-state index contributed by atoms with van der Waals surface area (Å²) in [5, 5.41) is 9.05. The zero-order valence-electron chi connectivity index (χ0n) is 9.84. The highest BCUT2D eigenvalue weighted by Gasteiger charge is 2.34. The predicted octanol–water partition coefficient (Wildman–Crippen LogP) is 0.949. The van der Waals surface area contributed by atoms with Crippen LogP contribution in [0.4, 0.5) is 4.79 Å². The molecule has 6 heteroatoms. The Kier molecular flexibility index (Phi) is 4.46. The quantitative estimate of drug-likeness (QED) is 0.788. The molecule has 5 nitrogen and oxygen atoms in total. The second-order valence-corrected chi connectivity index (χ2v) is 5.26. The summed E-state index contributed by atoms with van der Waals surface area (Å²) in [6.45, 7) is 4.33. The van der Waals surface area contributed by atoms with E-state index in [1.54, 1.807) is 23.7 Å². The fourth-order valence-corrected chi connectivity index (χ4v) is 2.50. The SMILES string of the molecule is CC(C)N(C)C(=O)N1CCSCC1C(=O)O. The average molecular weight is 246 g/mol. The summed E-state index contributed by atoms with van der Waals surface area (Å²) < 4.78 is 0. The van der Waals surface area contributed by atoms with Gasteiger partial charge in [-0.1, -0.05) is 0 Å². The molecule has 1 fully saturated rings. The molecule has 92 valence electrons. The van der Waals surface area contributed by atoms with Crippen molar-refractivity contribution in [1.82, 2.24) is 9.80 Å². The minimum absolute atomic E-state index is 0.0801. The fraction of sp³-hybridized carbons (Fsp3) is 0.800. The van der Waals surface area contributed by atoms with Crippen LogP contribution in [0.2, 0.25) is 0 Å². The number of amides is 2. The molecular weight excluding hydrogens is 228 g/mol. The lowest BCUT2D eigenvalue weighted by molar-refractivity contribution is -0.141. The van der Waals surface area contributed by atoms with Crippen molar-refractivity contribution in [3.8, 4) is 0 Å². The maximum atomic E-state index is 12.0. The molecular formula is C10H18N2O3S. The van der Waals surface area contributed by atoms with Crippen LogP contribution >= 0.6 is 11.8 Å². The van der Waals surface area contributed by atoms with E-state index >= 15 is 0 Å². The molecule has 1 atom stereocenters. The normalized spacial score (nSPS) is 21.0. The number of aliphatic carboxylic acids is 1. The van der Waals surface area contributed by atoms with E-state index in [1.165, 1.54) is 4.90 Å². The number of rotatable bonds is 2. The van der Waals surface area contributed by atoms with E-state index in [1.807, 2.05) is 13.8 Å². The Morgan fingerprint density at radius 1 is 1.50 bits per heavy atom. The third kappa shape index (κ3) is 2.81. The number of carbonyl (C=O) groups excluding carboxylic acids is 1. The van der Waals surface area contributed by atoms with Crippen LogP contribution in [0.1, 0.15) is 13.8 Å². The Morgan fingerprint density at radius 2 is 2.12 bits per heavy atom. The van der Waals surface area contributed by atoms with Gasteiger partial charge in [-0.05, 0) is 13.8 Å². The third-order valence-electron chi connectivity index (χ3n) is 2.74. The van der Waals surface area contributed by atoms with Gasteiger partial charge in [0.15, 0.2) is 0 Å². The fourth-order valence-electron chi connectivity index (χ4n) is 1.46. The Morgan fingerprint density at radius 3 is 2.62 bits per heavy atom. The molecule has 1 unspecified atom stereocenters. The molecule has 0 spiro atoms. The molecule has 16 heavy (non-hydrogen) atoms. The molecule has 1 rings (SSSR count). The van der Waals surface area contributed by atoms with Crippen molar-refractivity contribution in [2.75, 3.05) is 25.1 Å². The maximum Gasteiger partial charge on any atom is 0.327 e. The first-order valence-corrected chi connectivity index (χ1v) is 6.44. The minimum Gasteiger partial charge on any atom is -0.480 e. The van der Waals surface area contributed by atoms with E-state index in [4.69, 9.17) is 5.11 Å². The number of carboxylic acids is 1. The van der Waals surface area contributed by atoms with Gasteiger partial charge >= 0.3 is 12.0 Å². The predicted molar refractivity (Wildman–Crippen MR) is 63.7 cm³/mol. The second kappa shape index (κ2) is 5.43. The smallest absolute Gasteiger partial charge is 0.327 e. The van der Waals surface area contributed by atoms with Gasteiger partial charge in [-0.15, -0.1) is 0 Å². The average Bonchev–Trinajstić information content (AvgIpc) is 2.26. The van der Waals surface area contributed by atoms with Crippen molar-refractivity contribution in [3.63, 3.8) is 0 Å². The van der Waals surface area contributed by atoms with E-state index in [9.17, 15) is 9.59 Å². The molecule has 0 radical (unpaired) electrons. The minimum atomic E-state index is -0.919. The topological polar surface area (TPSA) is 60.9 Å². The van der Waals surface area contributed by atoms with Crippen LogP contribution in [-0.4, -0.2) is 64.1 Å². The zero-order valence-corrected chi connectivity index (χ0v) is 10.7. The lowest BCUT2D eigenvalue weighted by atomic mass is 10.2. The number of hydrogen-bond acceptors (Lipinski definition) is 3. The van der Waals surface area contributed by atoms with Crippen molar-refractivity contribution in [2.45, 2.75) is 25.9 Å². The van der Waals surface area contributed by atoms with Crippen molar-refractivity contribution in [1.29, 1.82) is 0 Å².